The number of halogens is 1. The lowest BCUT2D eigenvalue weighted by molar-refractivity contribution is 0.0994. The lowest BCUT2D eigenvalue weighted by Gasteiger charge is -2.11. The van der Waals surface area contributed by atoms with Crippen LogP contribution in [0, 0.1) is 6.92 Å². The van der Waals surface area contributed by atoms with E-state index in [1.807, 2.05) is 31.2 Å². The minimum Gasteiger partial charge on any atom is -0.321 e. The number of rotatable bonds is 5. The quantitative estimate of drug-likeness (QED) is 0.623. The van der Waals surface area contributed by atoms with E-state index >= 15 is 0 Å². The molecule has 0 aliphatic carbocycles. The van der Waals surface area contributed by atoms with Gasteiger partial charge in [0.15, 0.2) is 5.78 Å². The SMILES string of the molecule is Cc1cccc(CC(=O)c2ccccc2NC(=O)c2cccc(Cl)c2)c1. The van der Waals surface area contributed by atoms with Crippen molar-refractivity contribution in [1.29, 1.82) is 0 Å². The van der Waals surface area contributed by atoms with Crippen LogP contribution in [-0.4, -0.2) is 11.7 Å². The summed E-state index contributed by atoms with van der Waals surface area (Å²) in [4.78, 5) is 25.2. The van der Waals surface area contributed by atoms with Crippen molar-refractivity contribution in [2.45, 2.75) is 13.3 Å². The second-order valence-electron chi connectivity index (χ2n) is 6.10. The van der Waals surface area contributed by atoms with E-state index in [1.165, 1.54) is 0 Å². The molecule has 0 heterocycles. The Kier molecular flexibility index (Phi) is 5.49. The number of Topliss-reactive ketones (excluding diaryl/α,β-unsaturated/α-hetero) is 1. The summed E-state index contributed by atoms with van der Waals surface area (Å²) in [5, 5.41) is 3.30. The molecule has 0 aliphatic rings. The first kappa shape index (κ1) is 17.9. The highest BCUT2D eigenvalue weighted by Gasteiger charge is 2.15. The van der Waals surface area contributed by atoms with Crippen molar-refractivity contribution in [2.24, 2.45) is 0 Å². The Morgan fingerprint density at radius 1 is 0.923 bits per heavy atom. The number of benzene rings is 3. The van der Waals surface area contributed by atoms with Crippen LogP contribution < -0.4 is 5.32 Å². The number of anilines is 1. The van der Waals surface area contributed by atoms with Gasteiger partial charge in [-0.2, -0.15) is 0 Å². The molecule has 0 saturated heterocycles. The fraction of sp³-hybridized carbons (Fsp3) is 0.0909. The van der Waals surface area contributed by atoms with Gasteiger partial charge in [-0.05, 0) is 42.8 Å². The molecule has 0 saturated carbocycles. The van der Waals surface area contributed by atoms with E-state index in [1.54, 1.807) is 48.5 Å². The number of amides is 1. The summed E-state index contributed by atoms with van der Waals surface area (Å²) in [6, 6.07) is 21.6. The third-order valence-corrected chi connectivity index (χ3v) is 4.24. The minimum absolute atomic E-state index is 0.0439. The van der Waals surface area contributed by atoms with Crippen LogP contribution >= 0.6 is 11.6 Å². The van der Waals surface area contributed by atoms with Crippen LogP contribution in [0.2, 0.25) is 5.02 Å². The number of hydrogen-bond donors (Lipinski definition) is 1. The van der Waals surface area contributed by atoms with Crippen LogP contribution in [0.4, 0.5) is 5.69 Å². The van der Waals surface area contributed by atoms with Crippen molar-refractivity contribution < 1.29 is 9.59 Å². The van der Waals surface area contributed by atoms with Gasteiger partial charge in [0.1, 0.15) is 0 Å². The van der Waals surface area contributed by atoms with Crippen molar-refractivity contribution in [1.82, 2.24) is 0 Å². The molecule has 1 amide bonds. The van der Waals surface area contributed by atoms with Gasteiger partial charge in [0.2, 0.25) is 0 Å². The number of carbonyl (C=O) groups is 2. The van der Waals surface area contributed by atoms with Crippen LogP contribution in [0.5, 0.6) is 0 Å². The molecule has 0 spiro atoms. The Morgan fingerprint density at radius 2 is 1.69 bits per heavy atom. The van der Waals surface area contributed by atoms with Gasteiger partial charge < -0.3 is 5.32 Å². The summed E-state index contributed by atoms with van der Waals surface area (Å²) in [7, 11) is 0. The molecule has 1 N–H and O–H groups in total. The van der Waals surface area contributed by atoms with Crippen molar-refractivity contribution >= 4 is 29.0 Å². The number of hydrogen-bond acceptors (Lipinski definition) is 2. The molecular weight excluding hydrogens is 346 g/mol. The van der Waals surface area contributed by atoms with E-state index in [-0.39, 0.29) is 18.1 Å². The summed E-state index contributed by atoms with van der Waals surface area (Å²) in [6.45, 7) is 1.99. The van der Waals surface area contributed by atoms with Crippen LogP contribution in [0.25, 0.3) is 0 Å². The van der Waals surface area contributed by atoms with Crippen LogP contribution in [0.1, 0.15) is 31.8 Å². The summed E-state index contributed by atoms with van der Waals surface area (Å²) < 4.78 is 0. The number of para-hydroxylation sites is 1. The van der Waals surface area contributed by atoms with Crippen molar-refractivity contribution in [3.63, 3.8) is 0 Å². The average Bonchev–Trinajstić information content (AvgIpc) is 2.62. The van der Waals surface area contributed by atoms with Crippen molar-refractivity contribution in [3.8, 4) is 0 Å². The fourth-order valence-corrected chi connectivity index (χ4v) is 2.95. The topological polar surface area (TPSA) is 46.2 Å². The average molecular weight is 364 g/mol. The highest BCUT2D eigenvalue weighted by molar-refractivity contribution is 6.31. The Hall–Kier alpha value is -2.91. The molecule has 0 fully saturated rings. The van der Waals surface area contributed by atoms with Gasteiger partial charge in [0.25, 0.3) is 5.91 Å². The summed E-state index contributed by atoms with van der Waals surface area (Å²) in [5.74, 6) is -0.346. The van der Waals surface area contributed by atoms with E-state index in [2.05, 4.69) is 5.32 Å². The second kappa shape index (κ2) is 7.98. The molecule has 3 rings (SSSR count). The van der Waals surface area contributed by atoms with Gasteiger partial charge in [0, 0.05) is 22.6 Å². The molecule has 0 unspecified atom stereocenters. The first-order chi connectivity index (χ1) is 12.5. The summed E-state index contributed by atoms with van der Waals surface area (Å²) >= 11 is 5.94. The molecule has 26 heavy (non-hydrogen) atoms. The second-order valence-corrected chi connectivity index (χ2v) is 6.54. The third-order valence-electron chi connectivity index (χ3n) is 4.01. The number of carbonyl (C=O) groups excluding carboxylic acids is 2. The lowest BCUT2D eigenvalue weighted by Crippen LogP contribution is -2.15. The van der Waals surface area contributed by atoms with E-state index in [0.717, 1.165) is 11.1 Å². The lowest BCUT2D eigenvalue weighted by atomic mass is 10.00. The molecule has 130 valence electrons. The number of nitrogens with one attached hydrogen (secondary N) is 1. The zero-order valence-electron chi connectivity index (χ0n) is 14.3. The van der Waals surface area contributed by atoms with Crippen LogP contribution in [0.3, 0.4) is 0 Å². The number of aryl methyl sites for hydroxylation is 1. The Bertz CT molecular complexity index is 966. The molecule has 0 radical (unpaired) electrons. The van der Waals surface area contributed by atoms with Gasteiger partial charge in [-0.15, -0.1) is 0 Å². The van der Waals surface area contributed by atoms with Crippen LogP contribution in [0.15, 0.2) is 72.8 Å². The Labute approximate surface area is 157 Å². The van der Waals surface area contributed by atoms with E-state index in [0.29, 0.717) is 21.8 Å². The zero-order valence-corrected chi connectivity index (χ0v) is 15.1. The molecule has 4 heteroatoms. The monoisotopic (exact) mass is 363 g/mol. The third kappa shape index (κ3) is 4.38. The highest BCUT2D eigenvalue weighted by Crippen LogP contribution is 2.20. The Morgan fingerprint density at radius 3 is 2.46 bits per heavy atom. The van der Waals surface area contributed by atoms with Crippen molar-refractivity contribution in [2.75, 3.05) is 5.32 Å². The number of ketones is 1. The standard InChI is InChI=1S/C22H18ClNO2/c1-15-6-4-7-16(12-15)13-21(25)19-10-2-3-11-20(19)24-22(26)17-8-5-9-18(23)14-17/h2-12,14H,13H2,1H3,(H,24,26). The Balaban J connectivity index is 1.81. The molecule has 3 aromatic carbocycles. The highest BCUT2D eigenvalue weighted by atomic mass is 35.5. The normalized spacial score (nSPS) is 10.4. The largest absolute Gasteiger partial charge is 0.321 e. The maximum Gasteiger partial charge on any atom is 0.255 e. The molecule has 0 aromatic heterocycles. The van der Waals surface area contributed by atoms with Gasteiger partial charge in [-0.3, -0.25) is 9.59 Å². The van der Waals surface area contributed by atoms with Gasteiger partial charge in [0.05, 0.1) is 5.69 Å². The van der Waals surface area contributed by atoms with Crippen molar-refractivity contribution in [3.05, 3.63) is 100 Å². The van der Waals surface area contributed by atoms with E-state index < -0.39 is 0 Å². The summed E-state index contributed by atoms with van der Waals surface area (Å²) in [6.07, 6.45) is 0.283. The smallest absolute Gasteiger partial charge is 0.255 e. The molecule has 3 nitrogen and oxygen atoms in total. The van der Waals surface area contributed by atoms with Crippen LogP contribution in [-0.2, 0) is 6.42 Å². The zero-order chi connectivity index (χ0) is 18.5. The maximum absolute atomic E-state index is 12.7. The summed E-state index contributed by atoms with van der Waals surface area (Å²) in [5.41, 5.74) is 3.49. The molecule has 0 atom stereocenters. The molecule has 0 aliphatic heterocycles. The van der Waals surface area contributed by atoms with E-state index in [9.17, 15) is 9.59 Å². The van der Waals surface area contributed by atoms with Gasteiger partial charge >= 0.3 is 0 Å². The molecule has 0 bridgehead atoms. The fourth-order valence-electron chi connectivity index (χ4n) is 2.76. The minimum atomic E-state index is -0.302. The van der Waals surface area contributed by atoms with Gasteiger partial charge in [-0.1, -0.05) is 59.6 Å². The maximum atomic E-state index is 12.7. The molecule has 3 aromatic rings. The van der Waals surface area contributed by atoms with E-state index in [4.69, 9.17) is 11.6 Å². The predicted molar refractivity (Wildman–Crippen MR) is 105 cm³/mol. The van der Waals surface area contributed by atoms with Gasteiger partial charge in [-0.25, -0.2) is 0 Å². The first-order valence-corrected chi connectivity index (χ1v) is 8.65. The predicted octanol–water partition coefficient (Wildman–Crippen LogP) is 5.33. The first-order valence-electron chi connectivity index (χ1n) is 8.27. The molecular formula is C22H18ClNO2.